The van der Waals surface area contributed by atoms with Crippen molar-refractivity contribution in [2.75, 3.05) is 104 Å². The number of nitrogens with zero attached hydrogens (tertiary/aromatic N) is 13. The molecule has 5 aliphatic heterocycles. The molecule has 9 aromatic carbocycles. The molecule has 5 aliphatic rings. The Morgan fingerprint density at radius 2 is 0.758 bits per heavy atom. The molecule has 21 rings (SSSR count). The van der Waals surface area contributed by atoms with Crippen molar-refractivity contribution >= 4 is 139 Å². The lowest BCUT2D eigenvalue weighted by molar-refractivity contribution is -0.612. The van der Waals surface area contributed by atoms with Crippen molar-refractivity contribution in [3.05, 3.63) is 331 Å². The zero-order valence-corrected chi connectivity index (χ0v) is 75.6. The Morgan fingerprint density at radius 3 is 1.12 bits per heavy atom. The van der Waals surface area contributed by atoms with E-state index >= 15 is 0 Å². The Morgan fingerprint density at radius 1 is 0.402 bits per heavy atom. The van der Waals surface area contributed by atoms with Crippen LogP contribution in [0.25, 0.3) is 86.7 Å². The third-order valence-electron chi connectivity index (χ3n) is 25.8. The van der Waals surface area contributed by atoms with Gasteiger partial charge in [-0.1, -0.05) is 156 Å². The molecule has 0 aliphatic carbocycles. The molecule has 678 valence electrons. The number of benzene rings is 9. The number of rotatable bonds is 16. The van der Waals surface area contributed by atoms with Gasteiger partial charge >= 0.3 is 0 Å². The van der Waals surface area contributed by atoms with Crippen molar-refractivity contribution in [2.24, 2.45) is 0 Å². The zero-order valence-electron chi connectivity index (χ0n) is 72.6. The van der Waals surface area contributed by atoms with Gasteiger partial charge in [-0.25, -0.2) is 29.9 Å². The van der Waals surface area contributed by atoms with Crippen molar-refractivity contribution in [3.63, 3.8) is 0 Å². The minimum Gasteiger partial charge on any atom is -0.619 e. The predicted octanol–water partition coefficient (Wildman–Crippen LogP) is 14.0. The van der Waals surface area contributed by atoms with Crippen LogP contribution in [0.4, 0.5) is 5.69 Å². The van der Waals surface area contributed by atoms with Gasteiger partial charge in [0.25, 0.3) is 22.2 Å². The van der Waals surface area contributed by atoms with E-state index in [-0.39, 0.29) is 72.8 Å². The first kappa shape index (κ1) is 90.9. The van der Waals surface area contributed by atoms with Crippen LogP contribution in [-0.2, 0) is 49.4 Å². The number of aryl methyl sites for hydroxylation is 1. The fourth-order valence-electron chi connectivity index (χ4n) is 19.0. The molecule has 5 saturated heterocycles. The lowest BCUT2D eigenvalue weighted by Gasteiger charge is -2.36. The van der Waals surface area contributed by atoms with Crippen LogP contribution < -0.4 is 31.9 Å². The third kappa shape index (κ3) is 19.3. The smallest absolute Gasteiger partial charge is 0.261 e. The molecule has 0 radical (unpaired) electrons. The van der Waals surface area contributed by atoms with Crippen molar-refractivity contribution in [3.8, 4) is 0 Å². The van der Waals surface area contributed by atoms with Gasteiger partial charge in [0, 0.05) is 119 Å². The number of aliphatic hydroxyl groups is 4. The first-order chi connectivity index (χ1) is 64.2. The number of fused-ring (bicyclic) bond motifs is 12. The highest BCUT2D eigenvalue weighted by Gasteiger charge is 2.33. The van der Waals surface area contributed by atoms with Crippen molar-refractivity contribution < 1.29 is 48.8 Å². The first-order valence-corrected chi connectivity index (χ1v) is 45.7. The van der Waals surface area contributed by atoms with Gasteiger partial charge in [0.15, 0.2) is 11.9 Å². The van der Waals surface area contributed by atoms with E-state index in [1.807, 2.05) is 121 Å². The number of hydrogen-bond donors (Lipinski definition) is 4. The van der Waals surface area contributed by atoms with Crippen molar-refractivity contribution in [1.82, 2.24) is 53.1 Å². The van der Waals surface area contributed by atoms with Gasteiger partial charge in [0.1, 0.15) is 15.5 Å². The summed E-state index contributed by atoms with van der Waals surface area (Å²) in [5.41, 5.74) is 11.8. The Balaban J connectivity index is 0.000000119. The maximum atomic E-state index is 13.7. The van der Waals surface area contributed by atoms with E-state index in [4.69, 9.17) is 75.1 Å². The average Bonchev–Trinajstić information content (AvgIpc) is 0.762. The summed E-state index contributed by atoms with van der Waals surface area (Å²) in [7, 11) is 1.75. The second-order valence-corrected chi connectivity index (χ2v) is 35.7. The lowest BCUT2D eigenvalue weighted by Crippen LogP contribution is -2.47. The van der Waals surface area contributed by atoms with Gasteiger partial charge in [0.05, 0.1) is 156 Å². The van der Waals surface area contributed by atoms with Gasteiger partial charge in [0.2, 0.25) is 0 Å². The maximum absolute atomic E-state index is 13.7. The quantitative estimate of drug-likeness (QED) is 0.0302. The minimum atomic E-state index is -0.747. The highest BCUT2D eigenvalue weighted by Crippen LogP contribution is 2.37. The molecule has 0 spiro atoms. The summed E-state index contributed by atoms with van der Waals surface area (Å²) in [4.78, 5) is 85.5. The zero-order chi connectivity index (χ0) is 91.4. The van der Waals surface area contributed by atoms with Crippen molar-refractivity contribution in [2.45, 2.75) is 107 Å². The van der Waals surface area contributed by atoms with E-state index in [2.05, 4.69) is 65.1 Å². The summed E-state index contributed by atoms with van der Waals surface area (Å²) in [5, 5.41) is 64.7. The number of aromatic nitrogens is 11. The molecule has 8 atom stereocenters. The predicted molar refractivity (Wildman–Crippen MR) is 513 cm³/mol. The van der Waals surface area contributed by atoms with Crippen LogP contribution in [0.2, 0.25) is 20.5 Å². The molecule has 27 nitrogen and oxygen atoms in total. The summed E-state index contributed by atoms with van der Waals surface area (Å²) >= 11 is 24.6. The normalized spacial score (nSPS) is 19.6. The SMILES string of the molecule is COCCN1CCN(c2ccc(Cc3cc4c(=O)n([C@H]5CCOC[C@@H]5O)cnc4c4ccccc34)cc2)CC1.Cc1cc(Cc2cc3c(=O)n([C@H]4CCOC[C@@H]4O)cnc3c3ccccc23)cc[n+]1[O-].O=c1c2cc(Cc3cc(Cl)nc(Cl)c3)c3ccccc3c2ncn1[C@H]1CCOC[C@@H]1O.O=c1c2cc(Cc3cc(Cl)ncc3Cl)c3ccccc3c2ncn1[C@H]1CCOC[C@@H]1O. The topological polar surface area (TPSA) is 326 Å². The van der Waals surface area contributed by atoms with Crippen LogP contribution in [0.15, 0.2) is 233 Å². The van der Waals surface area contributed by atoms with E-state index in [0.29, 0.717) is 141 Å². The van der Waals surface area contributed by atoms with Crippen molar-refractivity contribution in [1.29, 1.82) is 0 Å². The molecule has 0 bridgehead atoms. The molecule has 12 heterocycles. The molecular formula is C101H97Cl4N13O14. The summed E-state index contributed by atoms with van der Waals surface area (Å²) in [5.74, 6) is 0. The second kappa shape index (κ2) is 40.5. The van der Waals surface area contributed by atoms with Crippen LogP contribution >= 0.6 is 46.4 Å². The highest BCUT2D eigenvalue weighted by atomic mass is 35.5. The van der Waals surface area contributed by atoms with Crippen LogP contribution in [0.1, 0.15) is 100 Å². The Kier molecular flexibility index (Phi) is 27.9. The number of halogens is 4. The van der Waals surface area contributed by atoms with Crippen LogP contribution in [-0.4, -0.2) is 197 Å². The molecule has 7 aromatic heterocycles. The summed E-state index contributed by atoms with van der Waals surface area (Å²) in [6, 6.07) is 55.9. The Hall–Kier alpha value is -11.6. The number of anilines is 1. The number of piperazine rings is 1. The molecule has 31 heteroatoms. The largest absolute Gasteiger partial charge is 0.619 e. The number of methoxy groups -OCH3 is 1. The maximum Gasteiger partial charge on any atom is 0.261 e. The summed E-state index contributed by atoms with van der Waals surface area (Å²) < 4.78 is 33.6. The molecule has 132 heavy (non-hydrogen) atoms. The Bertz CT molecular complexity index is 7250. The van der Waals surface area contributed by atoms with Gasteiger partial charge in [-0.05, 0) is 172 Å². The standard InChI is InChI=1S/C31H36N4O4.C24H23N3O4.2C23H19Cl2N3O3/c1-38-17-15-33-11-13-34(14-12-33)24-8-6-22(7-9-24)18-23-19-27-30(26-5-3-2-4-25(23)26)32-21-35(31(27)37)28-10-16-39-20-29(28)36;1-15-10-16(6-8-27(15)30)11-17-12-20-23(19-5-3-2-4-18(17)19)25-14-26(24(20)29)21-7-9-31-13-22(21)28;24-18-10-26-21(25)9-14(18)7-13-8-17-22(16-4-2-1-3-15(13)16)27-12-28(23(17)30)19-5-6-31-11-20(19)29;24-20-8-13(9-21(25)27-20)7-14-10-17-22(16-4-2-1-3-15(14)16)26-12-28(23(17)30)18-5-6-31-11-19(18)29/h2-9,19,21,28-29,36H,10-18,20H2,1H3;2-6,8,10,12,14,21-22,28H,7,9,11,13H2,1H3;1-4,8-10,12,19-20,29H,5-7,11H2;1-4,8-10,12,18-19,29H,5-7,11H2/t28-,29-;21-,22-;19-,20-;18-,19-/m0000/s1. The lowest BCUT2D eigenvalue weighted by atomic mass is 9.95. The molecular weight excluding hydrogens is 1760 g/mol. The van der Waals surface area contributed by atoms with Gasteiger partial charge < -0.3 is 54.2 Å². The van der Waals surface area contributed by atoms with E-state index in [1.54, 1.807) is 66.4 Å². The van der Waals surface area contributed by atoms with Crippen LogP contribution in [0.5, 0.6) is 0 Å². The summed E-state index contributed by atoms with van der Waals surface area (Å²) in [6.07, 6.45) is 10.9. The molecule has 5 fully saturated rings. The molecule has 0 saturated carbocycles. The fourth-order valence-corrected chi connectivity index (χ4v) is 19.8. The molecule has 16 aromatic rings. The molecule has 4 N–H and O–H groups in total. The van der Waals surface area contributed by atoms with E-state index in [0.717, 1.165) is 133 Å². The van der Waals surface area contributed by atoms with E-state index in [9.17, 15) is 44.8 Å². The monoisotopic (exact) mass is 1860 g/mol. The number of ether oxygens (including phenoxy) is 5. The van der Waals surface area contributed by atoms with Gasteiger partial charge in [-0.3, -0.25) is 42.3 Å². The number of pyridine rings is 3. The van der Waals surface area contributed by atoms with Gasteiger partial charge in [-0.2, -0.15) is 4.73 Å². The Labute approximate surface area is 777 Å². The second-order valence-electron chi connectivity index (χ2n) is 34.1. The number of hydrogen-bond acceptors (Lipinski definition) is 22. The summed E-state index contributed by atoms with van der Waals surface area (Å²) in [6.45, 7) is 10.5. The third-order valence-corrected chi connectivity index (χ3v) is 26.8. The number of aliphatic hydroxyl groups excluding tert-OH is 4. The van der Waals surface area contributed by atoms with Gasteiger partial charge in [-0.15, -0.1) is 0 Å². The van der Waals surface area contributed by atoms with Crippen LogP contribution in [0.3, 0.4) is 0 Å². The fraction of sp³-hybridized carbons (Fsp3) is 0.317. The minimum absolute atomic E-state index is 0.113. The molecule has 0 amide bonds. The van der Waals surface area contributed by atoms with Crippen LogP contribution in [0, 0.1) is 12.1 Å². The van der Waals surface area contributed by atoms with E-state index < -0.39 is 24.4 Å². The van der Waals surface area contributed by atoms with E-state index in [1.165, 1.54) is 39.1 Å². The first-order valence-electron chi connectivity index (χ1n) is 44.2. The molecule has 0 unspecified atom stereocenters. The average molecular weight is 1860 g/mol. The highest BCUT2D eigenvalue weighted by molar-refractivity contribution is 6.33.